The van der Waals surface area contributed by atoms with Gasteiger partial charge < -0.3 is 19.7 Å². The van der Waals surface area contributed by atoms with Gasteiger partial charge in [0.15, 0.2) is 6.61 Å². The van der Waals surface area contributed by atoms with Crippen LogP contribution in [0.5, 0.6) is 11.5 Å². The molecule has 6 nitrogen and oxygen atoms in total. The fourth-order valence-corrected chi connectivity index (χ4v) is 3.59. The smallest absolute Gasteiger partial charge is 0.265 e. The lowest BCUT2D eigenvalue weighted by Crippen LogP contribution is -2.39. The summed E-state index contributed by atoms with van der Waals surface area (Å²) in [6, 6.07) is 19.4. The van der Waals surface area contributed by atoms with Crippen LogP contribution in [0.1, 0.15) is 16.8 Å². The van der Waals surface area contributed by atoms with Crippen molar-refractivity contribution >= 4 is 46.4 Å². The minimum Gasteiger partial charge on any atom is -0.494 e. The number of rotatable bonds is 7. The highest BCUT2D eigenvalue weighted by molar-refractivity contribution is 6.42. The van der Waals surface area contributed by atoms with Gasteiger partial charge in [-0.3, -0.25) is 9.59 Å². The van der Waals surface area contributed by atoms with Crippen LogP contribution in [0.25, 0.3) is 0 Å². The molecule has 1 heterocycles. The first kappa shape index (κ1) is 22.0. The number of fused-ring (bicyclic) bond motifs is 1. The Labute approximate surface area is 195 Å². The molecule has 1 aliphatic rings. The predicted molar refractivity (Wildman–Crippen MR) is 125 cm³/mol. The summed E-state index contributed by atoms with van der Waals surface area (Å²) in [6.07, 6.45) is 0.639. The summed E-state index contributed by atoms with van der Waals surface area (Å²) in [5, 5.41) is 3.49. The van der Waals surface area contributed by atoms with Gasteiger partial charge in [-0.2, -0.15) is 0 Å². The zero-order valence-corrected chi connectivity index (χ0v) is 18.5. The molecule has 3 aromatic carbocycles. The topological polar surface area (TPSA) is 67.9 Å². The van der Waals surface area contributed by atoms with Crippen molar-refractivity contribution in [3.05, 3.63) is 82.3 Å². The van der Waals surface area contributed by atoms with Crippen LogP contribution in [-0.4, -0.2) is 31.6 Å². The lowest BCUT2D eigenvalue weighted by Gasteiger charge is -2.30. The average Bonchev–Trinajstić information content (AvgIpc) is 2.80. The number of ether oxygens (including phenoxy) is 2. The van der Waals surface area contributed by atoms with Crippen LogP contribution in [0.4, 0.5) is 11.4 Å². The SMILES string of the molecule is O=C(Nc1ccc2c(c1)N(CCCOc1ccccc1)C(=O)CO2)c1ccc(Cl)c(Cl)c1. The molecule has 1 N–H and O–H groups in total. The highest BCUT2D eigenvalue weighted by Gasteiger charge is 2.25. The Hall–Kier alpha value is -3.22. The summed E-state index contributed by atoms with van der Waals surface area (Å²) in [6.45, 7) is 0.908. The maximum Gasteiger partial charge on any atom is 0.265 e. The van der Waals surface area contributed by atoms with E-state index in [9.17, 15) is 9.59 Å². The number of hydrogen-bond acceptors (Lipinski definition) is 4. The molecule has 0 radical (unpaired) electrons. The number of hydrogen-bond donors (Lipinski definition) is 1. The van der Waals surface area contributed by atoms with E-state index in [1.165, 1.54) is 6.07 Å². The molecule has 0 unspecified atom stereocenters. The summed E-state index contributed by atoms with van der Waals surface area (Å²) >= 11 is 11.9. The number of benzene rings is 3. The maximum atomic E-state index is 12.6. The lowest BCUT2D eigenvalue weighted by molar-refractivity contribution is -0.121. The summed E-state index contributed by atoms with van der Waals surface area (Å²) in [5.41, 5.74) is 1.51. The predicted octanol–water partition coefficient (Wildman–Crippen LogP) is 5.44. The van der Waals surface area contributed by atoms with Crippen LogP contribution < -0.4 is 19.7 Å². The van der Waals surface area contributed by atoms with Gasteiger partial charge >= 0.3 is 0 Å². The molecule has 0 saturated carbocycles. The van der Waals surface area contributed by atoms with Gasteiger partial charge in [-0.15, -0.1) is 0 Å². The van der Waals surface area contributed by atoms with Gasteiger partial charge in [0.05, 0.1) is 22.3 Å². The largest absolute Gasteiger partial charge is 0.494 e. The van der Waals surface area contributed by atoms with Gasteiger partial charge in [-0.1, -0.05) is 41.4 Å². The minimum atomic E-state index is -0.339. The van der Waals surface area contributed by atoms with Crippen LogP contribution in [0, 0.1) is 0 Å². The van der Waals surface area contributed by atoms with E-state index in [0.717, 1.165) is 5.75 Å². The highest BCUT2D eigenvalue weighted by Crippen LogP contribution is 2.35. The molecule has 164 valence electrons. The van der Waals surface area contributed by atoms with Crippen molar-refractivity contribution in [3.8, 4) is 11.5 Å². The van der Waals surface area contributed by atoms with Gasteiger partial charge in [0, 0.05) is 17.8 Å². The molecule has 32 heavy (non-hydrogen) atoms. The summed E-state index contributed by atoms with van der Waals surface area (Å²) in [5.74, 6) is 0.883. The van der Waals surface area contributed by atoms with Crippen LogP contribution in [0.2, 0.25) is 10.0 Å². The van der Waals surface area contributed by atoms with Crippen LogP contribution in [0.15, 0.2) is 66.7 Å². The zero-order valence-electron chi connectivity index (χ0n) is 17.0. The van der Waals surface area contributed by atoms with E-state index in [0.29, 0.717) is 52.3 Å². The minimum absolute atomic E-state index is 0.0263. The Morgan fingerprint density at radius 2 is 1.84 bits per heavy atom. The number of nitrogens with zero attached hydrogens (tertiary/aromatic N) is 1. The number of amides is 2. The highest BCUT2D eigenvalue weighted by atomic mass is 35.5. The molecule has 8 heteroatoms. The third-order valence-corrected chi connectivity index (χ3v) is 5.62. The first-order chi connectivity index (χ1) is 15.5. The van der Waals surface area contributed by atoms with E-state index in [2.05, 4.69) is 5.32 Å². The van der Waals surface area contributed by atoms with Crippen LogP contribution in [0.3, 0.4) is 0 Å². The van der Waals surface area contributed by atoms with Crippen LogP contribution in [-0.2, 0) is 4.79 Å². The molecule has 0 spiro atoms. The number of nitrogens with one attached hydrogen (secondary N) is 1. The number of carbonyl (C=O) groups is 2. The molecule has 0 aromatic heterocycles. The Morgan fingerprint density at radius 1 is 1.03 bits per heavy atom. The van der Waals surface area contributed by atoms with Gasteiger partial charge in [-0.05, 0) is 55.0 Å². The molecule has 3 aromatic rings. The number of carbonyl (C=O) groups excluding carboxylic acids is 2. The van der Waals surface area contributed by atoms with Crippen molar-refractivity contribution in [2.45, 2.75) is 6.42 Å². The maximum absolute atomic E-state index is 12.6. The lowest BCUT2D eigenvalue weighted by atomic mass is 10.1. The van der Waals surface area contributed by atoms with E-state index in [4.69, 9.17) is 32.7 Å². The second kappa shape index (κ2) is 9.94. The fourth-order valence-electron chi connectivity index (χ4n) is 3.30. The van der Waals surface area contributed by atoms with E-state index in [1.54, 1.807) is 35.2 Å². The van der Waals surface area contributed by atoms with Crippen molar-refractivity contribution < 1.29 is 19.1 Å². The summed E-state index contributed by atoms with van der Waals surface area (Å²) < 4.78 is 11.3. The quantitative estimate of drug-likeness (QED) is 0.466. The second-order valence-corrected chi connectivity index (χ2v) is 7.93. The normalized spacial score (nSPS) is 12.7. The number of halogens is 2. The van der Waals surface area contributed by atoms with Crippen molar-refractivity contribution in [1.29, 1.82) is 0 Å². The van der Waals surface area contributed by atoms with Gasteiger partial charge in [0.1, 0.15) is 11.5 Å². The molecule has 0 atom stereocenters. The number of para-hydroxylation sites is 1. The van der Waals surface area contributed by atoms with Gasteiger partial charge in [0.2, 0.25) is 0 Å². The van der Waals surface area contributed by atoms with Gasteiger partial charge in [-0.25, -0.2) is 0 Å². The molecule has 0 bridgehead atoms. The molecule has 1 aliphatic heterocycles. The molecule has 0 fully saturated rings. The first-order valence-corrected chi connectivity index (χ1v) is 10.8. The first-order valence-electron chi connectivity index (χ1n) is 10.0. The van der Waals surface area contributed by atoms with E-state index in [1.807, 2.05) is 30.3 Å². The Bertz CT molecular complexity index is 1140. The summed E-state index contributed by atoms with van der Waals surface area (Å²) in [4.78, 5) is 26.7. The van der Waals surface area contributed by atoms with E-state index < -0.39 is 0 Å². The van der Waals surface area contributed by atoms with Crippen LogP contribution >= 0.6 is 23.2 Å². The molecular formula is C24H20Cl2N2O4. The summed E-state index contributed by atoms with van der Waals surface area (Å²) in [7, 11) is 0. The van der Waals surface area contributed by atoms with E-state index >= 15 is 0 Å². The van der Waals surface area contributed by atoms with Crippen molar-refractivity contribution in [1.82, 2.24) is 0 Å². The molecular weight excluding hydrogens is 451 g/mol. The zero-order chi connectivity index (χ0) is 22.5. The monoisotopic (exact) mass is 470 g/mol. The molecule has 0 aliphatic carbocycles. The molecule has 0 saturated heterocycles. The Morgan fingerprint density at radius 3 is 2.62 bits per heavy atom. The third kappa shape index (κ3) is 5.15. The van der Waals surface area contributed by atoms with Crippen molar-refractivity contribution in [2.75, 3.05) is 30.0 Å². The Balaban J connectivity index is 1.44. The standard InChI is InChI=1S/C24H20Cl2N2O4/c25-19-9-7-16(13-20(19)26)24(30)27-17-8-10-22-21(14-17)28(23(29)15-32-22)11-4-12-31-18-5-2-1-3-6-18/h1-3,5-10,13-14H,4,11-12,15H2,(H,27,30). The fraction of sp³-hybridized carbons (Fsp3) is 0.167. The molecule has 4 rings (SSSR count). The van der Waals surface area contributed by atoms with Crippen molar-refractivity contribution in [2.24, 2.45) is 0 Å². The molecule has 2 amide bonds. The second-order valence-electron chi connectivity index (χ2n) is 7.11. The third-order valence-electron chi connectivity index (χ3n) is 4.88. The van der Waals surface area contributed by atoms with Crippen molar-refractivity contribution in [3.63, 3.8) is 0 Å². The average molecular weight is 471 g/mol. The van der Waals surface area contributed by atoms with Gasteiger partial charge in [0.25, 0.3) is 11.8 Å². The van der Waals surface area contributed by atoms with E-state index in [-0.39, 0.29) is 18.4 Å². The Kier molecular flexibility index (Phi) is 6.83. The number of anilines is 2.